The number of rotatable bonds is 2. The molecule has 0 aliphatic carbocycles. The number of H-pyrrole nitrogens is 1. The molecule has 1 heterocycles. The van der Waals surface area contributed by atoms with Crippen LogP contribution in [0.2, 0.25) is 0 Å². The third-order valence-corrected chi connectivity index (χ3v) is 3.05. The predicted octanol–water partition coefficient (Wildman–Crippen LogP) is 4.02. The van der Waals surface area contributed by atoms with Gasteiger partial charge in [0.25, 0.3) is 5.69 Å². The first kappa shape index (κ1) is 12.3. The molecule has 0 aliphatic heterocycles. The monoisotopic (exact) mass is 274 g/mol. The van der Waals surface area contributed by atoms with Gasteiger partial charge < -0.3 is 4.98 Å². The molecule has 0 saturated carbocycles. The molecule has 0 unspecified atom stereocenters. The van der Waals surface area contributed by atoms with Gasteiger partial charge in [0.2, 0.25) is 0 Å². The van der Waals surface area contributed by atoms with Gasteiger partial charge in [-0.05, 0) is 24.3 Å². The van der Waals surface area contributed by atoms with Gasteiger partial charge in [0.15, 0.2) is 0 Å². The summed E-state index contributed by atoms with van der Waals surface area (Å²) in [6, 6.07) is 9.29. The van der Waals surface area contributed by atoms with E-state index in [0.717, 1.165) is 12.1 Å². The van der Waals surface area contributed by atoms with Crippen LogP contribution in [0.1, 0.15) is 0 Å². The van der Waals surface area contributed by atoms with Crippen LogP contribution in [0.25, 0.3) is 22.2 Å². The minimum absolute atomic E-state index is 0.0722. The summed E-state index contributed by atoms with van der Waals surface area (Å²) in [6.07, 6.45) is 0. The maximum Gasteiger partial charge on any atom is 0.270 e. The Balaban J connectivity index is 2.21. The van der Waals surface area contributed by atoms with Crippen LogP contribution in [0.5, 0.6) is 0 Å². The number of aromatic nitrogens is 1. The lowest BCUT2D eigenvalue weighted by Crippen LogP contribution is -1.89. The van der Waals surface area contributed by atoms with Crippen molar-refractivity contribution in [2.45, 2.75) is 0 Å². The van der Waals surface area contributed by atoms with Crippen LogP contribution in [0.3, 0.4) is 0 Å². The SMILES string of the molecule is O=[N+]([O-])c1ccc2[nH]c(-c3c(F)cccc3F)cc2c1. The first-order valence-electron chi connectivity index (χ1n) is 5.78. The van der Waals surface area contributed by atoms with Gasteiger partial charge >= 0.3 is 0 Å². The van der Waals surface area contributed by atoms with E-state index in [-0.39, 0.29) is 16.9 Å². The lowest BCUT2D eigenvalue weighted by Gasteiger charge is -2.01. The molecule has 3 rings (SSSR count). The summed E-state index contributed by atoms with van der Waals surface area (Å²) in [5.74, 6) is -1.38. The highest BCUT2D eigenvalue weighted by Gasteiger charge is 2.14. The third kappa shape index (κ3) is 1.91. The fourth-order valence-corrected chi connectivity index (χ4v) is 2.12. The number of nitrogens with zero attached hydrogens (tertiary/aromatic N) is 1. The molecular weight excluding hydrogens is 266 g/mol. The van der Waals surface area contributed by atoms with Gasteiger partial charge in [-0.25, -0.2) is 8.78 Å². The van der Waals surface area contributed by atoms with E-state index in [1.165, 1.54) is 30.3 Å². The quantitative estimate of drug-likeness (QED) is 0.566. The molecule has 6 heteroatoms. The summed E-state index contributed by atoms with van der Waals surface area (Å²) in [7, 11) is 0. The van der Waals surface area contributed by atoms with Crippen molar-refractivity contribution in [3.8, 4) is 11.3 Å². The average Bonchev–Trinajstić information content (AvgIpc) is 2.80. The van der Waals surface area contributed by atoms with E-state index in [4.69, 9.17) is 0 Å². The van der Waals surface area contributed by atoms with E-state index in [0.29, 0.717) is 10.9 Å². The van der Waals surface area contributed by atoms with Crippen molar-refractivity contribution in [1.29, 1.82) is 0 Å². The molecular formula is C14H8F2N2O2. The highest BCUT2D eigenvalue weighted by atomic mass is 19.1. The summed E-state index contributed by atoms with van der Waals surface area (Å²) < 4.78 is 27.4. The Morgan fingerprint density at radius 1 is 1.05 bits per heavy atom. The number of nitrogens with one attached hydrogen (secondary N) is 1. The van der Waals surface area contributed by atoms with Gasteiger partial charge in [-0.15, -0.1) is 0 Å². The van der Waals surface area contributed by atoms with E-state index >= 15 is 0 Å². The molecule has 100 valence electrons. The summed E-state index contributed by atoms with van der Waals surface area (Å²) >= 11 is 0. The molecule has 0 amide bonds. The van der Waals surface area contributed by atoms with Crippen LogP contribution in [0.15, 0.2) is 42.5 Å². The predicted molar refractivity (Wildman–Crippen MR) is 70.3 cm³/mol. The number of aromatic amines is 1. The Bertz CT molecular complexity index is 807. The minimum atomic E-state index is -0.689. The Kier molecular flexibility index (Phi) is 2.71. The van der Waals surface area contributed by atoms with E-state index in [2.05, 4.69) is 4.98 Å². The van der Waals surface area contributed by atoms with Crippen molar-refractivity contribution in [2.75, 3.05) is 0 Å². The summed E-state index contributed by atoms with van der Waals surface area (Å²) in [5.41, 5.74) is 0.577. The van der Waals surface area contributed by atoms with Crippen molar-refractivity contribution in [3.63, 3.8) is 0 Å². The first-order valence-corrected chi connectivity index (χ1v) is 5.78. The third-order valence-electron chi connectivity index (χ3n) is 3.05. The number of hydrogen-bond donors (Lipinski definition) is 1. The van der Waals surface area contributed by atoms with Crippen LogP contribution in [-0.4, -0.2) is 9.91 Å². The highest BCUT2D eigenvalue weighted by molar-refractivity contribution is 5.87. The molecule has 0 bridgehead atoms. The van der Waals surface area contributed by atoms with E-state index in [1.807, 2.05) is 0 Å². The number of halogens is 2. The van der Waals surface area contributed by atoms with Crippen LogP contribution < -0.4 is 0 Å². The molecule has 0 radical (unpaired) electrons. The van der Waals surface area contributed by atoms with Crippen LogP contribution in [0, 0.1) is 21.7 Å². The zero-order valence-electron chi connectivity index (χ0n) is 10.1. The standard InChI is InChI=1S/C14H8F2N2O2/c15-10-2-1-3-11(16)14(10)13-7-8-6-9(18(19)20)4-5-12(8)17-13/h1-7,17H. The maximum atomic E-state index is 13.7. The van der Waals surface area contributed by atoms with Gasteiger partial charge in [0.05, 0.1) is 16.2 Å². The van der Waals surface area contributed by atoms with Crippen LogP contribution in [-0.2, 0) is 0 Å². The molecule has 0 fully saturated rings. The van der Waals surface area contributed by atoms with Gasteiger partial charge in [-0.1, -0.05) is 6.07 Å². The van der Waals surface area contributed by atoms with Crippen molar-refractivity contribution in [1.82, 2.24) is 4.98 Å². The highest BCUT2D eigenvalue weighted by Crippen LogP contribution is 2.30. The molecule has 2 aromatic carbocycles. The fourth-order valence-electron chi connectivity index (χ4n) is 2.12. The average molecular weight is 274 g/mol. The topological polar surface area (TPSA) is 58.9 Å². The van der Waals surface area contributed by atoms with Gasteiger partial charge in [-0.3, -0.25) is 10.1 Å². The van der Waals surface area contributed by atoms with Crippen molar-refractivity contribution >= 4 is 16.6 Å². The second-order valence-corrected chi connectivity index (χ2v) is 4.31. The number of fused-ring (bicyclic) bond motifs is 1. The molecule has 1 N–H and O–H groups in total. The van der Waals surface area contributed by atoms with Crippen molar-refractivity contribution in [3.05, 3.63) is 64.2 Å². The van der Waals surface area contributed by atoms with E-state index in [1.54, 1.807) is 0 Å². The van der Waals surface area contributed by atoms with Gasteiger partial charge in [-0.2, -0.15) is 0 Å². The number of nitro groups is 1. The molecule has 0 aliphatic rings. The molecule has 20 heavy (non-hydrogen) atoms. The lowest BCUT2D eigenvalue weighted by atomic mass is 10.1. The zero-order chi connectivity index (χ0) is 14.3. The molecule has 1 aromatic heterocycles. The maximum absolute atomic E-state index is 13.7. The summed E-state index contributed by atoms with van der Waals surface area (Å²) in [5, 5.41) is 11.2. The number of benzene rings is 2. The van der Waals surface area contributed by atoms with Crippen molar-refractivity contribution in [2.24, 2.45) is 0 Å². The number of non-ortho nitro benzene ring substituents is 1. The summed E-state index contributed by atoms with van der Waals surface area (Å²) in [6.45, 7) is 0. The molecule has 3 aromatic rings. The Morgan fingerprint density at radius 3 is 2.40 bits per heavy atom. The molecule has 4 nitrogen and oxygen atoms in total. The molecule has 0 atom stereocenters. The number of nitro benzene ring substituents is 1. The second-order valence-electron chi connectivity index (χ2n) is 4.31. The Morgan fingerprint density at radius 2 is 1.75 bits per heavy atom. The summed E-state index contributed by atoms with van der Waals surface area (Å²) in [4.78, 5) is 13.0. The van der Waals surface area contributed by atoms with E-state index < -0.39 is 16.6 Å². The lowest BCUT2D eigenvalue weighted by molar-refractivity contribution is -0.384. The number of hydrogen-bond acceptors (Lipinski definition) is 2. The molecule has 0 spiro atoms. The molecule has 0 saturated heterocycles. The largest absolute Gasteiger partial charge is 0.354 e. The fraction of sp³-hybridized carbons (Fsp3) is 0. The minimum Gasteiger partial charge on any atom is -0.354 e. The van der Waals surface area contributed by atoms with Crippen molar-refractivity contribution < 1.29 is 13.7 Å². The Labute approximate surface area is 111 Å². The second kappa shape index (κ2) is 4.41. The van der Waals surface area contributed by atoms with E-state index in [9.17, 15) is 18.9 Å². The zero-order valence-corrected chi connectivity index (χ0v) is 10.1. The first-order chi connectivity index (χ1) is 9.56. The smallest absolute Gasteiger partial charge is 0.270 e. The normalized spacial score (nSPS) is 10.9. The Hall–Kier alpha value is -2.76. The van der Waals surface area contributed by atoms with Crippen LogP contribution in [0.4, 0.5) is 14.5 Å². The van der Waals surface area contributed by atoms with Crippen LogP contribution >= 0.6 is 0 Å². The van der Waals surface area contributed by atoms with Gasteiger partial charge in [0.1, 0.15) is 11.6 Å². The van der Waals surface area contributed by atoms with Gasteiger partial charge in [0, 0.05) is 23.0 Å².